The zero-order valence-corrected chi connectivity index (χ0v) is 18.6. The Hall–Kier alpha value is -2.54. The number of rotatable bonds is 7. The minimum atomic E-state index is -0.806. The van der Waals surface area contributed by atoms with E-state index in [4.69, 9.17) is 32.7 Å². The van der Waals surface area contributed by atoms with Gasteiger partial charge in [0.05, 0.1) is 6.61 Å². The maximum Gasteiger partial charge on any atom is 0.341 e. The summed E-state index contributed by atoms with van der Waals surface area (Å²) in [5, 5.41) is 6.07. The van der Waals surface area contributed by atoms with Gasteiger partial charge < -0.3 is 14.8 Å². The van der Waals surface area contributed by atoms with Gasteiger partial charge in [0, 0.05) is 21.0 Å². The Bertz CT molecular complexity index is 1050. The lowest BCUT2D eigenvalue weighted by atomic mass is 10.0. The van der Waals surface area contributed by atoms with E-state index in [9.17, 15) is 9.59 Å². The van der Waals surface area contributed by atoms with Crippen molar-refractivity contribution in [1.29, 1.82) is 0 Å². The van der Waals surface area contributed by atoms with Crippen LogP contribution in [-0.4, -0.2) is 24.6 Å². The van der Waals surface area contributed by atoms with Crippen LogP contribution in [0.1, 0.15) is 24.2 Å². The van der Waals surface area contributed by atoms with Gasteiger partial charge in [0.2, 0.25) is 0 Å². The number of nitrogens with one attached hydrogen (secondary N) is 1. The average Bonchev–Trinajstić information content (AvgIpc) is 3.12. The third kappa shape index (κ3) is 5.33. The molecule has 3 rings (SSSR count). The first kappa shape index (κ1) is 22.2. The number of benzene rings is 2. The molecular formula is C22H19Cl2NO4S. The number of amides is 1. The first-order chi connectivity index (χ1) is 14.4. The second kappa shape index (κ2) is 9.98. The number of carbonyl (C=O) groups excluding carboxylic acids is 2. The number of anilines is 1. The van der Waals surface area contributed by atoms with E-state index in [-0.39, 0.29) is 6.61 Å². The summed E-state index contributed by atoms with van der Waals surface area (Å²) in [5.41, 5.74) is 1.75. The van der Waals surface area contributed by atoms with E-state index < -0.39 is 18.0 Å². The van der Waals surface area contributed by atoms with E-state index in [1.54, 1.807) is 55.6 Å². The molecule has 30 heavy (non-hydrogen) atoms. The van der Waals surface area contributed by atoms with Gasteiger partial charge in [-0.1, -0.05) is 41.4 Å². The second-order valence-electron chi connectivity index (χ2n) is 6.29. The number of hydrogen-bond acceptors (Lipinski definition) is 5. The number of ether oxygens (including phenoxy) is 2. The van der Waals surface area contributed by atoms with Crippen LogP contribution >= 0.6 is 34.5 Å². The highest BCUT2D eigenvalue weighted by Crippen LogP contribution is 2.37. The fourth-order valence-electron chi connectivity index (χ4n) is 2.71. The SMILES string of the molecule is CCOC(=O)c1c(-c2ccc(Cl)cc2)csc1NC(=O)C(C)Oc1cccc(Cl)c1. The monoisotopic (exact) mass is 463 g/mol. The van der Waals surface area contributed by atoms with Gasteiger partial charge in [-0.15, -0.1) is 11.3 Å². The van der Waals surface area contributed by atoms with Gasteiger partial charge in [-0.05, 0) is 49.7 Å². The topological polar surface area (TPSA) is 64.6 Å². The number of carbonyl (C=O) groups is 2. The van der Waals surface area contributed by atoms with Crippen LogP contribution < -0.4 is 10.1 Å². The Labute approximate surface area is 188 Å². The molecule has 0 saturated carbocycles. The lowest BCUT2D eigenvalue weighted by Gasteiger charge is -2.15. The normalized spacial score (nSPS) is 11.6. The highest BCUT2D eigenvalue weighted by atomic mass is 35.5. The van der Waals surface area contributed by atoms with Gasteiger partial charge in [-0.2, -0.15) is 0 Å². The molecule has 0 aliphatic heterocycles. The van der Waals surface area contributed by atoms with Crippen molar-refractivity contribution in [1.82, 2.24) is 0 Å². The quantitative estimate of drug-likeness (QED) is 0.417. The maximum absolute atomic E-state index is 12.7. The summed E-state index contributed by atoms with van der Waals surface area (Å²) in [7, 11) is 0. The summed E-state index contributed by atoms with van der Waals surface area (Å²) in [6.45, 7) is 3.57. The molecule has 5 nitrogen and oxygen atoms in total. The zero-order chi connectivity index (χ0) is 21.7. The molecule has 156 valence electrons. The molecular weight excluding hydrogens is 445 g/mol. The second-order valence-corrected chi connectivity index (χ2v) is 8.04. The molecule has 0 radical (unpaired) electrons. The molecule has 1 atom stereocenters. The molecule has 8 heteroatoms. The van der Waals surface area contributed by atoms with Crippen LogP contribution in [0.15, 0.2) is 53.9 Å². The Morgan fingerprint density at radius 1 is 1.10 bits per heavy atom. The lowest BCUT2D eigenvalue weighted by Crippen LogP contribution is -2.30. The van der Waals surface area contributed by atoms with E-state index >= 15 is 0 Å². The van der Waals surface area contributed by atoms with E-state index in [1.807, 2.05) is 12.1 Å². The van der Waals surface area contributed by atoms with Gasteiger partial charge in [0.15, 0.2) is 6.10 Å². The number of hydrogen-bond donors (Lipinski definition) is 1. The largest absolute Gasteiger partial charge is 0.481 e. The Morgan fingerprint density at radius 2 is 1.83 bits per heavy atom. The van der Waals surface area contributed by atoms with Crippen molar-refractivity contribution in [3.05, 3.63) is 69.5 Å². The van der Waals surface area contributed by atoms with Gasteiger partial charge in [0.1, 0.15) is 16.3 Å². The number of thiophene rings is 1. The summed E-state index contributed by atoms with van der Waals surface area (Å²) >= 11 is 13.2. The molecule has 1 heterocycles. The van der Waals surface area contributed by atoms with E-state index in [2.05, 4.69) is 5.32 Å². The minimum Gasteiger partial charge on any atom is -0.481 e. The van der Waals surface area contributed by atoms with Crippen LogP contribution in [-0.2, 0) is 9.53 Å². The molecule has 3 aromatic rings. The van der Waals surface area contributed by atoms with Crippen LogP contribution in [0.4, 0.5) is 5.00 Å². The van der Waals surface area contributed by atoms with Crippen molar-refractivity contribution in [2.45, 2.75) is 20.0 Å². The van der Waals surface area contributed by atoms with Crippen molar-refractivity contribution in [2.75, 3.05) is 11.9 Å². The Morgan fingerprint density at radius 3 is 2.50 bits per heavy atom. The molecule has 0 aliphatic carbocycles. The van der Waals surface area contributed by atoms with Crippen molar-refractivity contribution < 1.29 is 19.1 Å². The van der Waals surface area contributed by atoms with Gasteiger partial charge in [-0.3, -0.25) is 4.79 Å². The maximum atomic E-state index is 12.7. The first-order valence-corrected chi connectivity index (χ1v) is 10.8. The van der Waals surface area contributed by atoms with Crippen molar-refractivity contribution in [2.24, 2.45) is 0 Å². The fourth-order valence-corrected chi connectivity index (χ4v) is 3.98. The molecule has 0 aliphatic rings. The van der Waals surface area contributed by atoms with Gasteiger partial charge in [0.25, 0.3) is 5.91 Å². The minimum absolute atomic E-state index is 0.219. The van der Waals surface area contributed by atoms with Crippen LogP contribution in [0, 0.1) is 0 Å². The summed E-state index contributed by atoms with van der Waals surface area (Å²) in [4.78, 5) is 25.3. The Balaban J connectivity index is 1.84. The van der Waals surface area contributed by atoms with E-state index in [0.29, 0.717) is 31.9 Å². The molecule has 1 unspecified atom stereocenters. The van der Waals surface area contributed by atoms with Crippen molar-refractivity contribution >= 4 is 51.4 Å². The molecule has 2 aromatic carbocycles. The smallest absolute Gasteiger partial charge is 0.341 e. The van der Waals surface area contributed by atoms with Crippen molar-refractivity contribution in [3.63, 3.8) is 0 Å². The van der Waals surface area contributed by atoms with Gasteiger partial charge in [-0.25, -0.2) is 4.79 Å². The fraction of sp³-hybridized carbons (Fsp3) is 0.182. The highest BCUT2D eigenvalue weighted by molar-refractivity contribution is 7.15. The molecule has 0 saturated heterocycles. The summed E-state index contributed by atoms with van der Waals surface area (Å²) in [5.74, 6) is -0.434. The summed E-state index contributed by atoms with van der Waals surface area (Å²) < 4.78 is 10.9. The third-order valence-corrected chi connectivity index (χ3v) is 5.52. The molecule has 1 amide bonds. The van der Waals surface area contributed by atoms with E-state index in [1.165, 1.54) is 11.3 Å². The van der Waals surface area contributed by atoms with Crippen LogP contribution in [0.3, 0.4) is 0 Å². The predicted octanol–water partition coefficient (Wildman–Crippen LogP) is 6.30. The van der Waals surface area contributed by atoms with Crippen LogP contribution in [0.25, 0.3) is 11.1 Å². The van der Waals surface area contributed by atoms with Gasteiger partial charge >= 0.3 is 5.97 Å². The summed E-state index contributed by atoms with van der Waals surface area (Å²) in [6, 6.07) is 13.9. The Kier molecular flexibility index (Phi) is 7.37. The zero-order valence-electron chi connectivity index (χ0n) is 16.3. The average molecular weight is 464 g/mol. The number of halogens is 2. The standard InChI is InChI=1S/C22H19Cl2NO4S/c1-3-28-22(27)19-18(14-7-9-15(23)10-8-14)12-30-21(19)25-20(26)13(2)29-17-6-4-5-16(24)11-17/h4-13H,3H2,1-2H3,(H,25,26). The summed E-state index contributed by atoms with van der Waals surface area (Å²) in [6.07, 6.45) is -0.806. The third-order valence-electron chi connectivity index (χ3n) is 4.14. The highest BCUT2D eigenvalue weighted by Gasteiger charge is 2.25. The molecule has 0 spiro atoms. The van der Waals surface area contributed by atoms with Crippen LogP contribution in [0.5, 0.6) is 5.75 Å². The molecule has 0 fully saturated rings. The van der Waals surface area contributed by atoms with Crippen LogP contribution in [0.2, 0.25) is 10.0 Å². The molecule has 1 N–H and O–H groups in total. The first-order valence-electron chi connectivity index (χ1n) is 9.16. The molecule has 0 bridgehead atoms. The number of esters is 1. The van der Waals surface area contributed by atoms with E-state index in [0.717, 1.165) is 5.56 Å². The molecule has 1 aromatic heterocycles. The lowest BCUT2D eigenvalue weighted by molar-refractivity contribution is -0.122. The van der Waals surface area contributed by atoms with Crippen molar-refractivity contribution in [3.8, 4) is 16.9 Å². The predicted molar refractivity (Wildman–Crippen MR) is 121 cm³/mol.